The second-order valence-corrected chi connectivity index (χ2v) is 5.24. The van der Waals surface area contributed by atoms with Gasteiger partial charge in [-0.05, 0) is 50.3 Å². The summed E-state index contributed by atoms with van der Waals surface area (Å²) in [6.07, 6.45) is 0. The number of ether oxygens (including phenoxy) is 1. The smallest absolute Gasteiger partial charge is 0.191 e. The van der Waals surface area contributed by atoms with Gasteiger partial charge in [0.1, 0.15) is 5.75 Å². The number of aryl methyl sites for hydroxylation is 1. The number of rotatable bonds is 4. The molecule has 114 valence electrons. The number of hydrazone groups is 1. The van der Waals surface area contributed by atoms with Crippen molar-refractivity contribution in [2.24, 2.45) is 5.10 Å². The highest BCUT2D eigenvalue weighted by atomic mass is 32.1. The van der Waals surface area contributed by atoms with Crippen LogP contribution in [0.1, 0.15) is 18.1 Å². The highest BCUT2D eigenvalue weighted by Crippen LogP contribution is 2.17. The van der Waals surface area contributed by atoms with Gasteiger partial charge in [0.15, 0.2) is 5.11 Å². The van der Waals surface area contributed by atoms with E-state index in [2.05, 4.69) is 15.8 Å². The van der Waals surface area contributed by atoms with Crippen LogP contribution in [0.5, 0.6) is 5.75 Å². The van der Waals surface area contributed by atoms with Crippen LogP contribution < -0.4 is 15.5 Å². The molecule has 0 amide bonds. The standard InChI is InChI=1S/C17H19N3OS/c1-12-8-10-14(11-9-12)18-17(22)20-19-13(2)15-6-4-5-7-16(15)21-3/h4-11H,1-3H3,(H2,18,20,22)/b19-13-. The van der Waals surface area contributed by atoms with Crippen LogP contribution in [0, 0.1) is 6.92 Å². The molecule has 0 aliphatic carbocycles. The van der Waals surface area contributed by atoms with Crippen LogP contribution in [0.3, 0.4) is 0 Å². The van der Waals surface area contributed by atoms with Crippen LogP contribution in [-0.2, 0) is 0 Å². The summed E-state index contributed by atoms with van der Waals surface area (Å²) in [5.41, 5.74) is 6.70. The summed E-state index contributed by atoms with van der Waals surface area (Å²) >= 11 is 5.24. The molecule has 0 spiro atoms. The van der Waals surface area contributed by atoms with E-state index in [9.17, 15) is 0 Å². The number of hydrogen-bond donors (Lipinski definition) is 2. The maximum absolute atomic E-state index is 5.32. The third-order valence-corrected chi connectivity index (χ3v) is 3.32. The van der Waals surface area contributed by atoms with Crippen molar-refractivity contribution in [1.82, 2.24) is 5.43 Å². The molecule has 2 aromatic carbocycles. The molecular weight excluding hydrogens is 294 g/mol. The van der Waals surface area contributed by atoms with Gasteiger partial charge in [0.25, 0.3) is 0 Å². The summed E-state index contributed by atoms with van der Waals surface area (Å²) in [7, 11) is 1.64. The van der Waals surface area contributed by atoms with Crippen LogP contribution in [-0.4, -0.2) is 17.9 Å². The van der Waals surface area contributed by atoms with Gasteiger partial charge in [-0.15, -0.1) is 0 Å². The topological polar surface area (TPSA) is 45.6 Å². The Balaban J connectivity index is 2.01. The first-order valence-electron chi connectivity index (χ1n) is 6.91. The quantitative estimate of drug-likeness (QED) is 0.513. The molecule has 0 fully saturated rings. The molecule has 4 nitrogen and oxygen atoms in total. The van der Waals surface area contributed by atoms with Crippen molar-refractivity contribution in [2.75, 3.05) is 12.4 Å². The van der Waals surface area contributed by atoms with Crippen LogP contribution in [0.25, 0.3) is 0 Å². The molecule has 2 aromatic rings. The van der Waals surface area contributed by atoms with E-state index >= 15 is 0 Å². The molecule has 2 rings (SSSR count). The first-order valence-corrected chi connectivity index (χ1v) is 7.32. The number of nitrogens with zero attached hydrogens (tertiary/aromatic N) is 1. The maximum Gasteiger partial charge on any atom is 0.191 e. The summed E-state index contributed by atoms with van der Waals surface area (Å²) in [4.78, 5) is 0. The van der Waals surface area contributed by atoms with Crippen molar-refractivity contribution >= 4 is 28.7 Å². The number of thiocarbonyl (C=S) groups is 1. The number of methoxy groups -OCH3 is 1. The molecule has 0 unspecified atom stereocenters. The van der Waals surface area contributed by atoms with Gasteiger partial charge >= 0.3 is 0 Å². The van der Waals surface area contributed by atoms with Gasteiger partial charge in [0.05, 0.1) is 12.8 Å². The molecular formula is C17H19N3OS. The number of benzene rings is 2. The lowest BCUT2D eigenvalue weighted by Crippen LogP contribution is -2.25. The maximum atomic E-state index is 5.32. The van der Waals surface area contributed by atoms with Gasteiger partial charge in [-0.3, -0.25) is 5.43 Å². The van der Waals surface area contributed by atoms with Crippen LogP contribution in [0.4, 0.5) is 5.69 Å². The van der Waals surface area contributed by atoms with Crippen molar-refractivity contribution in [2.45, 2.75) is 13.8 Å². The van der Waals surface area contributed by atoms with Gasteiger partial charge in [0.2, 0.25) is 0 Å². The zero-order valence-corrected chi connectivity index (χ0v) is 13.7. The van der Waals surface area contributed by atoms with E-state index in [1.165, 1.54) is 5.56 Å². The Morgan fingerprint density at radius 2 is 1.77 bits per heavy atom. The Morgan fingerprint density at radius 1 is 1.09 bits per heavy atom. The lowest BCUT2D eigenvalue weighted by molar-refractivity contribution is 0.414. The average Bonchev–Trinajstić information content (AvgIpc) is 2.54. The molecule has 0 radical (unpaired) electrons. The third kappa shape index (κ3) is 4.30. The monoisotopic (exact) mass is 313 g/mol. The van der Waals surface area contributed by atoms with Crippen LogP contribution in [0.15, 0.2) is 53.6 Å². The molecule has 0 aliphatic rings. The molecule has 0 aromatic heterocycles. The van der Waals surface area contributed by atoms with Crippen molar-refractivity contribution in [3.63, 3.8) is 0 Å². The normalized spacial score (nSPS) is 11.0. The van der Waals surface area contributed by atoms with Gasteiger partial charge < -0.3 is 10.1 Å². The molecule has 0 bridgehead atoms. The minimum atomic E-state index is 0.443. The summed E-state index contributed by atoms with van der Waals surface area (Å²) in [6, 6.07) is 15.7. The first-order chi connectivity index (χ1) is 10.6. The summed E-state index contributed by atoms with van der Waals surface area (Å²) < 4.78 is 5.32. The fraction of sp³-hybridized carbons (Fsp3) is 0.176. The minimum Gasteiger partial charge on any atom is -0.496 e. The molecule has 22 heavy (non-hydrogen) atoms. The van der Waals surface area contributed by atoms with Crippen molar-refractivity contribution in [3.05, 3.63) is 59.7 Å². The SMILES string of the molecule is COc1ccccc1/C(C)=N\NC(=S)Nc1ccc(C)cc1. The highest BCUT2D eigenvalue weighted by Gasteiger charge is 2.05. The molecule has 0 saturated heterocycles. The summed E-state index contributed by atoms with van der Waals surface area (Å²) in [6.45, 7) is 3.95. The Hall–Kier alpha value is -2.40. The zero-order chi connectivity index (χ0) is 15.9. The molecule has 0 atom stereocenters. The molecule has 2 N–H and O–H groups in total. The van der Waals surface area contributed by atoms with Crippen molar-refractivity contribution in [3.8, 4) is 5.75 Å². The van der Waals surface area contributed by atoms with E-state index in [4.69, 9.17) is 17.0 Å². The van der Waals surface area contributed by atoms with Gasteiger partial charge in [-0.2, -0.15) is 5.10 Å². The third-order valence-electron chi connectivity index (χ3n) is 3.13. The fourth-order valence-corrected chi connectivity index (χ4v) is 2.10. The van der Waals surface area contributed by atoms with Crippen LogP contribution >= 0.6 is 12.2 Å². The van der Waals surface area contributed by atoms with E-state index in [-0.39, 0.29) is 0 Å². The molecule has 5 heteroatoms. The fourth-order valence-electron chi connectivity index (χ4n) is 1.93. The van der Waals surface area contributed by atoms with Crippen LogP contribution in [0.2, 0.25) is 0 Å². The Labute approximate surface area is 136 Å². The van der Waals surface area contributed by atoms with Crippen molar-refractivity contribution in [1.29, 1.82) is 0 Å². The van der Waals surface area contributed by atoms with E-state index < -0.39 is 0 Å². The number of para-hydroxylation sites is 1. The minimum absolute atomic E-state index is 0.443. The number of nitrogens with one attached hydrogen (secondary N) is 2. The highest BCUT2D eigenvalue weighted by molar-refractivity contribution is 7.80. The van der Waals surface area contributed by atoms with E-state index in [0.717, 1.165) is 22.7 Å². The molecule has 0 saturated carbocycles. The lowest BCUT2D eigenvalue weighted by Gasteiger charge is -2.10. The van der Waals surface area contributed by atoms with Crippen molar-refractivity contribution < 1.29 is 4.74 Å². The lowest BCUT2D eigenvalue weighted by atomic mass is 10.1. The van der Waals surface area contributed by atoms with Gasteiger partial charge in [0, 0.05) is 11.3 Å². The zero-order valence-electron chi connectivity index (χ0n) is 12.9. The summed E-state index contributed by atoms with van der Waals surface area (Å²) in [5.74, 6) is 0.781. The Morgan fingerprint density at radius 3 is 2.45 bits per heavy atom. The van der Waals surface area contributed by atoms with Gasteiger partial charge in [-0.1, -0.05) is 29.8 Å². The second-order valence-electron chi connectivity index (χ2n) is 4.83. The Kier molecular flexibility index (Phi) is 5.49. The van der Waals surface area contributed by atoms with E-state index in [1.807, 2.05) is 62.4 Å². The predicted octanol–water partition coefficient (Wildman–Crippen LogP) is 3.71. The number of hydrogen-bond acceptors (Lipinski definition) is 3. The van der Waals surface area contributed by atoms with E-state index in [1.54, 1.807) is 7.11 Å². The summed E-state index contributed by atoms with van der Waals surface area (Å²) in [5, 5.41) is 7.83. The molecule has 0 aliphatic heterocycles. The number of anilines is 1. The Bertz CT molecular complexity index is 681. The predicted molar refractivity (Wildman–Crippen MR) is 95.7 cm³/mol. The molecule has 0 heterocycles. The second kappa shape index (κ2) is 7.56. The largest absolute Gasteiger partial charge is 0.496 e. The van der Waals surface area contributed by atoms with Gasteiger partial charge in [-0.25, -0.2) is 0 Å². The van der Waals surface area contributed by atoms with E-state index in [0.29, 0.717) is 5.11 Å². The average molecular weight is 313 g/mol. The first kappa shape index (κ1) is 16.0.